The van der Waals surface area contributed by atoms with Gasteiger partial charge in [-0.2, -0.15) is 0 Å². The molecular formula is C17H28O2. The van der Waals surface area contributed by atoms with Gasteiger partial charge in [-0.1, -0.05) is 36.6 Å². The highest BCUT2D eigenvalue weighted by atomic mass is 16.4. The van der Waals surface area contributed by atoms with Crippen molar-refractivity contribution in [3.8, 4) is 0 Å². The van der Waals surface area contributed by atoms with Crippen molar-refractivity contribution >= 4 is 5.97 Å². The highest BCUT2D eigenvalue weighted by Gasteiger charge is 2.27. The number of carboxylic acids is 1. The molecule has 0 aliphatic heterocycles. The summed E-state index contributed by atoms with van der Waals surface area (Å²) in [6, 6.07) is 0. The standard InChI is InChI=1S/C17H28O2/c1-13(7-5-9-16(18)19)10-11-15-14(2)8-6-12-17(15,3)4/h7H,5-6,8-12H2,1-4H3,(H,18,19)/b13-7+. The van der Waals surface area contributed by atoms with E-state index in [1.165, 1.54) is 24.8 Å². The fourth-order valence-corrected chi connectivity index (χ4v) is 3.09. The maximum absolute atomic E-state index is 10.5. The topological polar surface area (TPSA) is 37.3 Å². The SMILES string of the molecule is CC1=C(CC/C(C)=C/CCC(=O)O)C(C)(C)CCC1. The Morgan fingerprint density at radius 1 is 1.37 bits per heavy atom. The number of aliphatic carboxylic acids is 1. The lowest BCUT2D eigenvalue weighted by Gasteiger charge is -2.35. The second-order valence-corrected chi connectivity index (χ2v) is 6.48. The molecule has 0 fully saturated rings. The highest BCUT2D eigenvalue weighted by molar-refractivity contribution is 5.66. The van der Waals surface area contributed by atoms with E-state index in [1.807, 2.05) is 0 Å². The van der Waals surface area contributed by atoms with Crippen LogP contribution < -0.4 is 0 Å². The summed E-state index contributed by atoms with van der Waals surface area (Å²) in [5.74, 6) is -0.712. The molecule has 0 saturated heterocycles. The van der Waals surface area contributed by atoms with Gasteiger partial charge in [0.15, 0.2) is 0 Å². The minimum absolute atomic E-state index is 0.241. The maximum Gasteiger partial charge on any atom is 0.303 e. The summed E-state index contributed by atoms with van der Waals surface area (Å²) in [6.45, 7) is 9.11. The van der Waals surface area contributed by atoms with Gasteiger partial charge in [0, 0.05) is 6.42 Å². The minimum atomic E-state index is -0.712. The van der Waals surface area contributed by atoms with Crippen molar-refractivity contribution in [3.63, 3.8) is 0 Å². The van der Waals surface area contributed by atoms with Crippen molar-refractivity contribution < 1.29 is 9.90 Å². The Morgan fingerprint density at radius 2 is 2.05 bits per heavy atom. The van der Waals surface area contributed by atoms with Crippen LogP contribution in [0.3, 0.4) is 0 Å². The molecule has 0 atom stereocenters. The van der Waals surface area contributed by atoms with Crippen molar-refractivity contribution in [2.24, 2.45) is 5.41 Å². The van der Waals surface area contributed by atoms with E-state index in [0.29, 0.717) is 11.8 Å². The number of hydrogen-bond donors (Lipinski definition) is 1. The number of carbonyl (C=O) groups is 1. The third kappa shape index (κ3) is 5.22. The third-order valence-corrected chi connectivity index (χ3v) is 4.31. The van der Waals surface area contributed by atoms with Gasteiger partial charge in [0.1, 0.15) is 0 Å². The zero-order valence-corrected chi connectivity index (χ0v) is 12.9. The quantitative estimate of drug-likeness (QED) is 0.677. The van der Waals surface area contributed by atoms with Gasteiger partial charge in [0.25, 0.3) is 0 Å². The highest BCUT2D eigenvalue weighted by Crippen LogP contribution is 2.42. The van der Waals surface area contributed by atoms with Gasteiger partial charge < -0.3 is 5.11 Å². The summed E-state index contributed by atoms with van der Waals surface area (Å²) in [4.78, 5) is 10.5. The lowest BCUT2D eigenvalue weighted by molar-refractivity contribution is -0.136. The Kier molecular flexibility index (Phi) is 5.84. The van der Waals surface area contributed by atoms with E-state index in [-0.39, 0.29) is 6.42 Å². The third-order valence-electron chi connectivity index (χ3n) is 4.31. The normalized spacial score (nSPS) is 19.7. The molecule has 0 aromatic rings. The van der Waals surface area contributed by atoms with E-state index in [2.05, 4.69) is 33.8 Å². The summed E-state index contributed by atoms with van der Waals surface area (Å²) in [7, 11) is 0. The lowest BCUT2D eigenvalue weighted by Crippen LogP contribution is -2.20. The van der Waals surface area contributed by atoms with Gasteiger partial charge in [0.2, 0.25) is 0 Å². The molecule has 0 spiro atoms. The average Bonchev–Trinajstić information content (AvgIpc) is 2.26. The summed E-state index contributed by atoms with van der Waals surface area (Å²) in [5.41, 5.74) is 4.88. The molecule has 1 aliphatic rings. The van der Waals surface area contributed by atoms with Gasteiger partial charge in [-0.25, -0.2) is 0 Å². The van der Waals surface area contributed by atoms with Crippen LogP contribution in [0.2, 0.25) is 0 Å². The van der Waals surface area contributed by atoms with Gasteiger partial charge in [0.05, 0.1) is 0 Å². The zero-order valence-electron chi connectivity index (χ0n) is 12.9. The fourth-order valence-electron chi connectivity index (χ4n) is 3.09. The monoisotopic (exact) mass is 264 g/mol. The van der Waals surface area contributed by atoms with Crippen LogP contribution in [0, 0.1) is 5.41 Å². The Morgan fingerprint density at radius 3 is 2.63 bits per heavy atom. The van der Waals surface area contributed by atoms with E-state index in [0.717, 1.165) is 12.8 Å². The molecule has 1 N–H and O–H groups in total. The van der Waals surface area contributed by atoms with E-state index >= 15 is 0 Å². The van der Waals surface area contributed by atoms with E-state index < -0.39 is 5.97 Å². The molecule has 0 amide bonds. The van der Waals surface area contributed by atoms with Crippen LogP contribution in [0.15, 0.2) is 22.8 Å². The van der Waals surface area contributed by atoms with Crippen molar-refractivity contribution in [2.45, 2.75) is 72.6 Å². The first-order valence-electron chi connectivity index (χ1n) is 7.39. The van der Waals surface area contributed by atoms with Crippen molar-refractivity contribution in [1.29, 1.82) is 0 Å². The number of carboxylic acid groups (broad SMARTS) is 1. The first-order valence-corrected chi connectivity index (χ1v) is 7.39. The van der Waals surface area contributed by atoms with Crippen LogP contribution in [0.25, 0.3) is 0 Å². The summed E-state index contributed by atoms with van der Waals surface area (Å²) in [6.07, 6.45) is 9.04. The molecule has 2 heteroatoms. The molecule has 0 radical (unpaired) electrons. The Bertz CT molecular complexity index is 386. The van der Waals surface area contributed by atoms with Gasteiger partial charge >= 0.3 is 5.97 Å². The lowest BCUT2D eigenvalue weighted by atomic mass is 9.71. The average molecular weight is 264 g/mol. The summed E-state index contributed by atoms with van der Waals surface area (Å²) >= 11 is 0. The molecule has 1 rings (SSSR count). The van der Waals surface area contributed by atoms with Crippen LogP contribution in [0.4, 0.5) is 0 Å². The largest absolute Gasteiger partial charge is 0.481 e. The van der Waals surface area contributed by atoms with Crippen LogP contribution >= 0.6 is 0 Å². The van der Waals surface area contributed by atoms with E-state index in [9.17, 15) is 4.79 Å². The van der Waals surface area contributed by atoms with Crippen molar-refractivity contribution in [3.05, 3.63) is 22.8 Å². The first kappa shape index (κ1) is 16.0. The zero-order chi connectivity index (χ0) is 14.5. The number of hydrogen-bond acceptors (Lipinski definition) is 1. The first-order chi connectivity index (χ1) is 8.83. The Balaban J connectivity index is 2.53. The molecule has 2 nitrogen and oxygen atoms in total. The molecular weight excluding hydrogens is 236 g/mol. The van der Waals surface area contributed by atoms with Crippen molar-refractivity contribution in [2.75, 3.05) is 0 Å². The molecule has 108 valence electrons. The molecule has 0 heterocycles. The Hall–Kier alpha value is -1.05. The smallest absolute Gasteiger partial charge is 0.303 e. The molecule has 0 aromatic heterocycles. The second kappa shape index (κ2) is 6.93. The predicted octanol–water partition coefficient (Wildman–Crippen LogP) is 5.10. The van der Waals surface area contributed by atoms with E-state index in [4.69, 9.17) is 5.11 Å². The van der Waals surface area contributed by atoms with E-state index in [1.54, 1.807) is 11.1 Å². The van der Waals surface area contributed by atoms with Crippen LogP contribution in [-0.2, 0) is 4.79 Å². The van der Waals surface area contributed by atoms with Crippen LogP contribution in [0.1, 0.15) is 72.6 Å². The molecule has 0 bridgehead atoms. The van der Waals surface area contributed by atoms with Crippen LogP contribution in [-0.4, -0.2) is 11.1 Å². The fraction of sp³-hybridized carbons (Fsp3) is 0.706. The Labute approximate surface area is 117 Å². The molecule has 1 aliphatic carbocycles. The molecule has 0 aromatic carbocycles. The number of allylic oxidation sites excluding steroid dienone is 4. The van der Waals surface area contributed by atoms with Crippen molar-refractivity contribution in [1.82, 2.24) is 0 Å². The molecule has 0 saturated carbocycles. The van der Waals surface area contributed by atoms with Gasteiger partial charge in [-0.3, -0.25) is 4.79 Å². The minimum Gasteiger partial charge on any atom is -0.481 e. The van der Waals surface area contributed by atoms with Gasteiger partial charge in [-0.05, 0) is 57.8 Å². The number of rotatable bonds is 6. The second-order valence-electron chi connectivity index (χ2n) is 6.48. The predicted molar refractivity (Wildman–Crippen MR) is 80.2 cm³/mol. The van der Waals surface area contributed by atoms with Crippen LogP contribution in [0.5, 0.6) is 0 Å². The summed E-state index contributed by atoms with van der Waals surface area (Å²) < 4.78 is 0. The molecule has 19 heavy (non-hydrogen) atoms. The maximum atomic E-state index is 10.5. The summed E-state index contributed by atoms with van der Waals surface area (Å²) in [5, 5.41) is 8.63. The van der Waals surface area contributed by atoms with Gasteiger partial charge in [-0.15, -0.1) is 0 Å². The molecule has 0 unspecified atom stereocenters.